The molecule has 28 heavy (non-hydrogen) atoms. The van der Waals surface area contributed by atoms with Gasteiger partial charge in [0.05, 0.1) is 17.7 Å². The molecule has 3 amide bonds. The van der Waals surface area contributed by atoms with Crippen LogP contribution in [0.4, 0.5) is 4.79 Å². The summed E-state index contributed by atoms with van der Waals surface area (Å²) in [5, 5.41) is 3.55. The average molecular weight is 419 g/mol. The number of halogens is 2. The van der Waals surface area contributed by atoms with E-state index in [1.54, 1.807) is 48.5 Å². The van der Waals surface area contributed by atoms with Gasteiger partial charge in [-0.2, -0.15) is 0 Å². The van der Waals surface area contributed by atoms with E-state index in [0.29, 0.717) is 26.9 Å². The SMILES string of the molecule is CC[C@@H](C)Oc1ccc(/C=C2\NC(=O)N(Cc3ccccc3Cl)C2=O)cc1Cl. The van der Waals surface area contributed by atoms with Crippen LogP contribution in [0.2, 0.25) is 10.0 Å². The van der Waals surface area contributed by atoms with Gasteiger partial charge in [0.1, 0.15) is 11.4 Å². The van der Waals surface area contributed by atoms with Gasteiger partial charge >= 0.3 is 6.03 Å². The van der Waals surface area contributed by atoms with Crippen LogP contribution >= 0.6 is 23.2 Å². The highest BCUT2D eigenvalue weighted by Gasteiger charge is 2.33. The number of hydrogen-bond acceptors (Lipinski definition) is 3. The lowest BCUT2D eigenvalue weighted by Gasteiger charge is -2.14. The first kappa shape index (κ1) is 20.2. The first-order chi connectivity index (χ1) is 13.4. The predicted octanol–water partition coefficient (Wildman–Crippen LogP) is 5.26. The van der Waals surface area contributed by atoms with Crippen molar-refractivity contribution in [1.82, 2.24) is 10.2 Å². The minimum absolute atomic E-state index is 0.0516. The molecule has 1 aliphatic rings. The number of hydrogen-bond donors (Lipinski definition) is 1. The molecule has 0 spiro atoms. The molecule has 0 aromatic heterocycles. The normalized spacial score (nSPS) is 16.4. The Kier molecular flexibility index (Phi) is 6.27. The van der Waals surface area contributed by atoms with Crippen molar-refractivity contribution in [2.45, 2.75) is 32.9 Å². The maximum Gasteiger partial charge on any atom is 0.329 e. The summed E-state index contributed by atoms with van der Waals surface area (Å²) in [5.74, 6) is 0.168. The van der Waals surface area contributed by atoms with Crippen molar-refractivity contribution in [2.24, 2.45) is 0 Å². The number of urea groups is 1. The van der Waals surface area contributed by atoms with Crippen molar-refractivity contribution >= 4 is 41.2 Å². The van der Waals surface area contributed by atoms with Crippen LogP contribution < -0.4 is 10.1 Å². The van der Waals surface area contributed by atoms with E-state index < -0.39 is 11.9 Å². The minimum Gasteiger partial charge on any atom is -0.489 e. The van der Waals surface area contributed by atoms with Crippen molar-refractivity contribution in [3.8, 4) is 5.75 Å². The Morgan fingerprint density at radius 1 is 1.14 bits per heavy atom. The number of rotatable bonds is 6. The van der Waals surface area contributed by atoms with E-state index in [1.807, 2.05) is 13.8 Å². The minimum atomic E-state index is -0.487. The number of nitrogens with zero attached hydrogens (tertiary/aromatic N) is 1. The lowest BCUT2D eigenvalue weighted by molar-refractivity contribution is -0.123. The van der Waals surface area contributed by atoms with E-state index >= 15 is 0 Å². The summed E-state index contributed by atoms with van der Waals surface area (Å²) in [6.07, 6.45) is 2.51. The Hall–Kier alpha value is -2.50. The van der Waals surface area contributed by atoms with Gasteiger partial charge in [-0.3, -0.25) is 9.69 Å². The zero-order valence-electron chi connectivity index (χ0n) is 15.5. The first-order valence-electron chi connectivity index (χ1n) is 8.93. The second kappa shape index (κ2) is 8.67. The molecule has 3 rings (SSSR count). The number of carbonyl (C=O) groups excluding carboxylic acids is 2. The Bertz CT molecular complexity index is 943. The third-order valence-electron chi connectivity index (χ3n) is 4.42. The Labute approximate surface area is 173 Å². The molecule has 2 aromatic carbocycles. The van der Waals surface area contributed by atoms with Crippen molar-refractivity contribution < 1.29 is 14.3 Å². The molecule has 7 heteroatoms. The topological polar surface area (TPSA) is 58.6 Å². The van der Waals surface area contributed by atoms with E-state index in [9.17, 15) is 9.59 Å². The number of benzene rings is 2. The number of carbonyl (C=O) groups is 2. The summed E-state index contributed by atoms with van der Waals surface area (Å²) >= 11 is 12.4. The second-order valence-corrected chi connectivity index (χ2v) is 7.31. The molecule has 2 aromatic rings. The van der Waals surface area contributed by atoms with Gasteiger partial charge in [-0.15, -0.1) is 0 Å². The van der Waals surface area contributed by atoms with E-state index in [0.717, 1.165) is 11.3 Å². The van der Waals surface area contributed by atoms with Crippen LogP contribution in [-0.4, -0.2) is 22.9 Å². The molecule has 1 aliphatic heterocycles. The smallest absolute Gasteiger partial charge is 0.329 e. The maximum atomic E-state index is 12.6. The Morgan fingerprint density at radius 2 is 1.89 bits per heavy atom. The lowest BCUT2D eigenvalue weighted by atomic mass is 10.1. The lowest BCUT2D eigenvalue weighted by Crippen LogP contribution is -2.30. The molecule has 1 atom stereocenters. The van der Waals surface area contributed by atoms with Crippen LogP contribution in [0.5, 0.6) is 5.75 Å². The number of amides is 3. The largest absolute Gasteiger partial charge is 0.489 e. The van der Waals surface area contributed by atoms with Gasteiger partial charge in [0.25, 0.3) is 5.91 Å². The number of imide groups is 1. The predicted molar refractivity (Wildman–Crippen MR) is 110 cm³/mol. The Balaban J connectivity index is 1.78. The van der Waals surface area contributed by atoms with Crippen LogP contribution in [0.3, 0.4) is 0 Å². The Morgan fingerprint density at radius 3 is 2.57 bits per heavy atom. The summed E-state index contributed by atoms with van der Waals surface area (Å²) in [6.45, 7) is 4.09. The molecule has 146 valence electrons. The number of ether oxygens (including phenoxy) is 1. The molecule has 0 radical (unpaired) electrons. The van der Waals surface area contributed by atoms with E-state index in [1.165, 1.54) is 0 Å². The van der Waals surface area contributed by atoms with Gasteiger partial charge in [0.15, 0.2) is 0 Å². The molecule has 1 heterocycles. The van der Waals surface area contributed by atoms with Crippen molar-refractivity contribution in [3.63, 3.8) is 0 Å². The summed E-state index contributed by atoms with van der Waals surface area (Å²) in [5.41, 5.74) is 1.57. The quantitative estimate of drug-likeness (QED) is 0.513. The fraction of sp³-hybridized carbons (Fsp3) is 0.238. The van der Waals surface area contributed by atoms with Gasteiger partial charge in [0, 0.05) is 5.02 Å². The van der Waals surface area contributed by atoms with Crippen LogP contribution in [0.1, 0.15) is 31.4 Å². The van der Waals surface area contributed by atoms with Crippen LogP contribution in [0, 0.1) is 0 Å². The molecule has 1 saturated heterocycles. The second-order valence-electron chi connectivity index (χ2n) is 6.50. The highest BCUT2D eigenvalue weighted by atomic mass is 35.5. The zero-order valence-corrected chi connectivity index (χ0v) is 17.1. The molecule has 1 N–H and O–H groups in total. The summed E-state index contributed by atoms with van der Waals surface area (Å²) in [4.78, 5) is 26.0. The van der Waals surface area contributed by atoms with E-state index in [4.69, 9.17) is 27.9 Å². The van der Waals surface area contributed by atoms with E-state index in [2.05, 4.69) is 5.32 Å². The molecule has 0 unspecified atom stereocenters. The number of nitrogens with one attached hydrogen (secondary N) is 1. The van der Waals surface area contributed by atoms with Gasteiger partial charge < -0.3 is 10.1 Å². The fourth-order valence-electron chi connectivity index (χ4n) is 2.68. The van der Waals surface area contributed by atoms with Gasteiger partial charge in [0.2, 0.25) is 0 Å². The maximum absolute atomic E-state index is 12.6. The van der Waals surface area contributed by atoms with Crippen LogP contribution in [0.25, 0.3) is 6.08 Å². The van der Waals surface area contributed by atoms with Crippen molar-refractivity contribution in [2.75, 3.05) is 0 Å². The standard InChI is InChI=1S/C21H20Cl2N2O3/c1-3-13(2)28-19-9-8-14(10-17(19)23)11-18-20(26)25(21(27)24-18)12-15-6-4-5-7-16(15)22/h4-11,13H,3,12H2,1-2H3,(H,24,27)/b18-11-/t13-/m1/s1. The van der Waals surface area contributed by atoms with Crippen molar-refractivity contribution in [3.05, 3.63) is 69.3 Å². The molecule has 0 saturated carbocycles. The first-order valence-corrected chi connectivity index (χ1v) is 9.68. The van der Waals surface area contributed by atoms with Gasteiger partial charge in [-0.05, 0) is 48.7 Å². The zero-order chi connectivity index (χ0) is 20.3. The third-order valence-corrected chi connectivity index (χ3v) is 5.08. The molecule has 5 nitrogen and oxygen atoms in total. The van der Waals surface area contributed by atoms with Gasteiger partial charge in [-0.1, -0.05) is 54.4 Å². The molecular weight excluding hydrogens is 399 g/mol. The summed E-state index contributed by atoms with van der Waals surface area (Å²) in [6, 6.07) is 11.8. The monoisotopic (exact) mass is 418 g/mol. The molecular formula is C21H20Cl2N2O3. The molecule has 0 aliphatic carbocycles. The molecule has 1 fully saturated rings. The molecule has 0 bridgehead atoms. The van der Waals surface area contributed by atoms with Gasteiger partial charge in [-0.25, -0.2) is 4.79 Å². The summed E-state index contributed by atoms with van der Waals surface area (Å²) < 4.78 is 5.74. The summed E-state index contributed by atoms with van der Waals surface area (Å²) in [7, 11) is 0. The van der Waals surface area contributed by atoms with Crippen LogP contribution in [0.15, 0.2) is 48.2 Å². The van der Waals surface area contributed by atoms with E-state index in [-0.39, 0.29) is 18.3 Å². The fourth-order valence-corrected chi connectivity index (χ4v) is 3.11. The van der Waals surface area contributed by atoms with Crippen molar-refractivity contribution in [1.29, 1.82) is 0 Å². The highest BCUT2D eigenvalue weighted by molar-refractivity contribution is 6.32. The average Bonchev–Trinajstić information content (AvgIpc) is 2.93. The highest BCUT2D eigenvalue weighted by Crippen LogP contribution is 2.28. The van der Waals surface area contributed by atoms with Crippen LogP contribution in [-0.2, 0) is 11.3 Å². The third kappa shape index (κ3) is 4.49.